The van der Waals surface area contributed by atoms with Crippen LogP contribution in [0.1, 0.15) is 16.1 Å². The molecule has 1 heterocycles. The molecule has 92 valence electrons. The van der Waals surface area contributed by atoms with Crippen molar-refractivity contribution in [3.05, 3.63) is 64.1 Å². The minimum absolute atomic E-state index is 0.0223. The number of amides is 1. The molecule has 0 spiro atoms. The quantitative estimate of drug-likeness (QED) is 0.947. The van der Waals surface area contributed by atoms with Crippen LogP contribution in [0.2, 0.25) is 0 Å². The first kappa shape index (κ1) is 12.7. The van der Waals surface area contributed by atoms with E-state index in [4.69, 9.17) is 0 Å². The van der Waals surface area contributed by atoms with Crippen LogP contribution in [0.15, 0.2) is 47.1 Å². The Kier molecular flexibility index (Phi) is 4.04. The van der Waals surface area contributed by atoms with E-state index in [1.54, 1.807) is 24.4 Å². The van der Waals surface area contributed by atoms with Crippen molar-refractivity contribution in [2.24, 2.45) is 0 Å². The molecular formula is C13H10BrFN2O. The topological polar surface area (TPSA) is 42.0 Å². The molecule has 0 aliphatic rings. The van der Waals surface area contributed by atoms with Crippen LogP contribution in [0.5, 0.6) is 0 Å². The molecule has 0 bridgehead atoms. The zero-order valence-corrected chi connectivity index (χ0v) is 10.9. The lowest BCUT2D eigenvalue weighted by atomic mass is 10.2. The second kappa shape index (κ2) is 5.73. The average Bonchev–Trinajstić information content (AvgIpc) is 2.37. The third-order valence-corrected chi connectivity index (χ3v) is 2.83. The summed E-state index contributed by atoms with van der Waals surface area (Å²) >= 11 is 3.14. The molecule has 18 heavy (non-hydrogen) atoms. The summed E-state index contributed by atoms with van der Waals surface area (Å²) in [4.78, 5) is 15.8. The van der Waals surface area contributed by atoms with E-state index >= 15 is 0 Å². The van der Waals surface area contributed by atoms with Crippen molar-refractivity contribution in [1.82, 2.24) is 10.3 Å². The number of rotatable bonds is 3. The van der Waals surface area contributed by atoms with Gasteiger partial charge in [0.25, 0.3) is 5.91 Å². The van der Waals surface area contributed by atoms with Crippen molar-refractivity contribution in [1.29, 1.82) is 0 Å². The Balaban J connectivity index is 2.04. The van der Waals surface area contributed by atoms with Crippen molar-refractivity contribution >= 4 is 21.8 Å². The third-order valence-electron chi connectivity index (χ3n) is 2.33. The first-order chi connectivity index (χ1) is 8.66. The van der Waals surface area contributed by atoms with E-state index in [1.807, 2.05) is 6.07 Å². The van der Waals surface area contributed by atoms with E-state index in [1.165, 1.54) is 12.1 Å². The molecule has 1 N–H and O–H groups in total. The molecule has 1 aromatic heterocycles. The Bertz CT molecular complexity index is 560. The van der Waals surface area contributed by atoms with Crippen LogP contribution in [-0.2, 0) is 6.54 Å². The molecule has 1 aromatic carbocycles. The standard InChI is InChI=1S/C13H10BrFN2O/c14-9-4-5-11(12(15)7-9)13(18)17-8-10-3-1-2-6-16-10/h1-7H,8H2,(H,17,18). The lowest BCUT2D eigenvalue weighted by molar-refractivity contribution is 0.0946. The summed E-state index contributed by atoms with van der Waals surface area (Å²) in [6.45, 7) is 0.273. The van der Waals surface area contributed by atoms with Gasteiger partial charge in [-0.15, -0.1) is 0 Å². The first-order valence-electron chi connectivity index (χ1n) is 5.30. The molecule has 2 aromatic rings. The summed E-state index contributed by atoms with van der Waals surface area (Å²) in [7, 11) is 0. The number of aromatic nitrogens is 1. The van der Waals surface area contributed by atoms with Gasteiger partial charge in [0.1, 0.15) is 5.82 Å². The highest BCUT2D eigenvalue weighted by atomic mass is 79.9. The molecule has 0 fully saturated rings. The Hall–Kier alpha value is -1.75. The van der Waals surface area contributed by atoms with E-state index in [0.29, 0.717) is 4.47 Å². The van der Waals surface area contributed by atoms with Gasteiger partial charge in [-0.05, 0) is 30.3 Å². The summed E-state index contributed by atoms with van der Waals surface area (Å²) in [5.74, 6) is -1.01. The van der Waals surface area contributed by atoms with Crippen molar-refractivity contribution in [2.75, 3.05) is 0 Å². The Labute approximate surface area is 112 Å². The number of hydrogen-bond acceptors (Lipinski definition) is 2. The molecule has 0 aliphatic carbocycles. The highest BCUT2D eigenvalue weighted by Crippen LogP contribution is 2.15. The molecule has 0 atom stereocenters. The molecule has 2 rings (SSSR count). The summed E-state index contributed by atoms with van der Waals surface area (Å²) in [5.41, 5.74) is 0.748. The fourth-order valence-electron chi connectivity index (χ4n) is 1.44. The molecule has 1 amide bonds. The molecule has 0 radical (unpaired) electrons. The van der Waals surface area contributed by atoms with Crippen LogP contribution in [0, 0.1) is 5.82 Å². The van der Waals surface area contributed by atoms with Crippen LogP contribution < -0.4 is 5.32 Å². The molecule has 0 saturated carbocycles. The predicted octanol–water partition coefficient (Wildman–Crippen LogP) is 2.91. The fourth-order valence-corrected chi connectivity index (χ4v) is 1.78. The van der Waals surface area contributed by atoms with Gasteiger partial charge in [0.05, 0.1) is 17.8 Å². The highest BCUT2D eigenvalue weighted by Gasteiger charge is 2.11. The van der Waals surface area contributed by atoms with E-state index in [2.05, 4.69) is 26.2 Å². The maximum absolute atomic E-state index is 13.5. The van der Waals surface area contributed by atoms with Gasteiger partial charge in [-0.25, -0.2) is 4.39 Å². The second-order valence-electron chi connectivity index (χ2n) is 3.63. The predicted molar refractivity (Wildman–Crippen MR) is 69.5 cm³/mol. The van der Waals surface area contributed by atoms with Gasteiger partial charge in [-0.2, -0.15) is 0 Å². The Morgan fingerprint density at radius 1 is 1.33 bits per heavy atom. The number of carbonyl (C=O) groups excluding carboxylic acids is 1. The van der Waals surface area contributed by atoms with Crippen molar-refractivity contribution in [3.8, 4) is 0 Å². The third kappa shape index (κ3) is 3.13. The van der Waals surface area contributed by atoms with Gasteiger partial charge >= 0.3 is 0 Å². The molecule has 0 saturated heterocycles. The maximum Gasteiger partial charge on any atom is 0.254 e. The number of hydrogen-bond donors (Lipinski definition) is 1. The number of halogens is 2. The molecule has 0 aliphatic heterocycles. The second-order valence-corrected chi connectivity index (χ2v) is 4.54. The minimum Gasteiger partial charge on any atom is -0.346 e. The normalized spacial score (nSPS) is 10.1. The number of nitrogens with zero attached hydrogens (tertiary/aromatic N) is 1. The van der Waals surface area contributed by atoms with Crippen LogP contribution in [-0.4, -0.2) is 10.9 Å². The number of nitrogens with one attached hydrogen (secondary N) is 1. The maximum atomic E-state index is 13.5. The summed E-state index contributed by atoms with van der Waals surface area (Å²) in [6.07, 6.45) is 1.64. The number of pyridine rings is 1. The van der Waals surface area contributed by atoms with Crippen LogP contribution >= 0.6 is 15.9 Å². The van der Waals surface area contributed by atoms with Gasteiger partial charge in [0.2, 0.25) is 0 Å². The van der Waals surface area contributed by atoms with E-state index < -0.39 is 11.7 Å². The number of benzene rings is 1. The Morgan fingerprint density at radius 3 is 2.83 bits per heavy atom. The van der Waals surface area contributed by atoms with Gasteiger partial charge in [0.15, 0.2) is 0 Å². The molecular weight excluding hydrogens is 299 g/mol. The van der Waals surface area contributed by atoms with Crippen LogP contribution in [0.3, 0.4) is 0 Å². The van der Waals surface area contributed by atoms with Crippen LogP contribution in [0.4, 0.5) is 4.39 Å². The van der Waals surface area contributed by atoms with Gasteiger partial charge in [0, 0.05) is 10.7 Å². The smallest absolute Gasteiger partial charge is 0.254 e. The largest absolute Gasteiger partial charge is 0.346 e. The summed E-state index contributed by atoms with van der Waals surface area (Å²) in [6, 6.07) is 9.73. The van der Waals surface area contributed by atoms with Crippen LogP contribution in [0.25, 0.3) is 0 Å². The highest BCUT2D eigenvalue weighted by molar-refractivity contribution is 9.10. The minimum atomic E-state index is -0.553. The van der Waals surface area contributed by atoms with Crippen molar-refractivity contribution in [3.63, 3.8) is 0 Å². The van der Waals surface area contributed by atoms with Gasteiger partial charge in [-0.1, -0.05) is 22.0 Å². The van der Waals surface area contributed by atoms with Gasteiger partial charge < -0.3 is 5.32 Å². The lowest BCUT2D eigenvalue weighted by Crippen LogP contribution is -2.24. The van der Waals surface area contributed by atoms with E-state index in [-0.39, 0.29) is 12.1 Å². The van der Waals surface area contributed by atoms with E-state index in [9.17, 15) is 9.18 Å². The molecule has 3 nitrogen and oxygen atoms in total. The zero-order valence-electron chi connectivity index (χ0n) is 9.36. The average molecular weight is 309 g/mol. The van der Waals surface area contributed by atoms with Gasteiger partial charge in [-0.3, -0.25) is 9.78 Å². The summed E-state index contributed by atoms with van der Waals surface area (Å²) < 4.78 is 14.1. The SMILES string of the molecule is O=C(NCc1ccccn1)c1ccc(Br)cc1F. The van der Waals surface area contributed by atoms with Crippen molar-refractivity contribution < 1.29 is 9.18 Å². The lowest BCUT2D eigenvalue weighted by Gasteiger charge is -2.05. The van der Waals surface area contributed by atoms with Crippen molar-refractivity contribution in [2.45, 2.75) is 6.54 Å². The van der Waals surface area contributed by atoms with E-state index in [0.717, 1.165) is 5.69 Å². The Morgan fingerprint density at radius 2 is 2.17 bits per heavy atom. The molecule has 5 heteroatoms. The fraction of sp³-hybridized carbons (Fsp3) is 0.0769. The summed E-state index contributed by atoms with van der Waals surface area (Å²) in [5, 5.41) is 2.62. The number of carbonyl (C=O) groups is 1. The molecule has 0 unspecified atom stereocenters. The first-order valence-corrected chi connectivity index (χ1v) is 6.09. The monoisotopic (exact) mass is 308 g/mol. The zero-order chi connectivity index (χ0) is 13.0.